The number of tetrazole rings is 1. The Morgan fingerprint density at radius 2 is 1.81 bits per heavy atom. The first-order valence-electron chi connectivity index (χ1n) is 13.8. The first-order valence-corrected chi connectivity index (χ1v) is 13.8. The van der Waals surface area contributed by atoms with Crippen molar-refractivity contribution in [2.75, 3.05) is 0 Å². The molecule has 1 unspecified atom stereocenters. The Labute approximate surface area is 242 Å². The van der Waals surface area contributed by atoms with E-state index in [4.69, 9.17) is 8.83 Å². The molecule has 3 heterocycles. The number of nitrogens with one attached hydrogen (secondary N) is 2. The number of aromatic nitrogens is 4. The molecule has 2 aromatic heterocycles. The Morgan fingerprint density at radius 3 is 2.38 bits per heavy atom. The minimum Gasteiger partial charge on any atom is -0.477 e. The molecule has 220 valence electrons. The summed E-state index contributed by atoms with van der Waals surface area (Å²) >= 11 is 0. The van der Waals surface area contributed by atoms with Gasteiger partial charge in [-0.2, -0.15) is 0 Å². The zero-order valence-electron chi connectivity index (χ0n) is 24.0. The molecule has 12 nitrogen and oxygen atoms in total. The molecular weight excluding hydrogens is 540 g/mol. The number of nitrogens with zero attached hydrogens (tertiary/aromatic N) is 4. The highest BCUT2D eigenvalue weighted by atomic mass is 16.6. The van der Waals surface area contributed by atoms with Crippen LogP contribution in [0.1, 0.15) is 57.1 Å². The van der Waals surface area contributed by atoms with Crippen molar-refractivity contribution in [3.63, 3.8) is 0 Å². The maximum Gasteiger partial charge on any atom is 0.519 e. The second-order valence-corrected chi connectivity index (χ2v) is 11.0. The van der Waals surface area contributed by atoms with E-state index in [9.17, 15) is 19.8 Å². The van der Waals surface area contributed by atoms with Gasteiger partial charge in [0.2, 0.25) is 0 Å². The Bertz CT molecular complexity index is 1650. The Kier molecular flexibility index (Phi) is 7.74. The number of carboxylic acids is 1. The van der Waals surface area contributed by atoms with Crippen molar-refractivity contribution in [2.45, 2.75) is 71.2 Å². The number of unbranched alkanes of at least 4 members (excludes halogenated alkanes) is 1. The van der Waals surface area contributed by atoms with Gasteiger partial charge in [0.05, 0.1) is 12.1 Å². The van der Waals surface area contributed by atoms with Crippen LogP contribution in [0.25, 0.3) is 22.5 Å². The average molecular weight is 575 g/mol. The lowest BCUT2D eigenvalue weighted by Gasteiger charge is -2.41. The largest absolute Gasteiger partial charge is 0.519 e. The summed E-state index contributed by atoms with van der Waals surface area (Å²) in [5.74, 6) is -0.783. The van der Waals surface area contributed by atoms with Crippen molar-refractivity contribution < 1.29 is 23.8 Å². The lowest BCUT2D eigenvalue weighted by molar-refractivity contribution is -0.135. The van der Waals surface area contributed by atoms with E-state index in [0.29, 0.717) is 23.8 Å². The van der Waals surface area contributed by atoms with Gasteiger partial charge in [0.15, 0.2) is 11.6 Å². The second-order valence-electron chi connectivity index (χ2n) is 11.0. The fraction of sp³-hybridized carbons (Fsp3) is 0.367. The van der Waals surface area contributed by atoms with Crippen LogP contribution in [0.3, 0.4) is 0 Å². The summed E-state index contributed by atoms with van der Waals surface area (Å²) in [6.07, 6.45) is 2.27. The summed E-state index contributed by atoms with van der Waals surface area (Å²) < 4.78 is 10.5. The molecule has 0 bridgehead atoms. The van der Waals surface area contributed by atoms with Crippen LogP contribution >= 0.6 is 0 Å². The molecule has 0 radical (unpaired) electrons. The van der Waals surface area contributed by atoms with Gasteiger partial charge in [-0.15, -0.1) is 5.10 Å². The number of aliphatic hydroxyl groups is 1. The molecule has 4 aromatic rings. The monoisotopic (exact) mass is 574 g/mol. The SMILES string of the molecule is CCCCC1(Cc2oc(=O)oc2C)NC(C(C)(C)O)=C(C(=O)O)N1Cc1ccc(-c2ccccc2-c2nnn[nH]2)cc1. The number of aliphatic carboxylic acids is 1. The molecule has 0 aliphatic carbocycles. The summed E-state index contributed by atoms with van der Waals surface area (Å²) in [5.41, 5.74) is 1.24. The van der Waals surface area contributed by atoms with E-state index >= 15 is 0 Å². The van der Waals surface area contributed by atoms with Gasteiger partial charge in [0.25, 0.3) is 0 Å². The lowest BCUT2D eigenvalue weighted by atomic mass is 9.94. The number of carbonyl (C=O) groups is 1. The normalized spacial score (nSPS) is 17.1. The van der Waals surface area contributed by atoms with Crippen molar-refractivity contribution >= 4 is 5.97 Å². The molecule has 0 saturated heterocycles. The van der Waals surface area contributed by atoms with E-state index in [2.05, 4.69) is 25.9 Å². The summed E-state index contributed by atoms with van der Waals surface area (Å²) in [6, 6.07) is 15.6. The second kappa shape index (κ2) is 11.3. The van der Waals surface area contributed by atoms with Crippen LogP contribution in [0.2, 0.25) is 0 Å². The predicted octanol–water partition coefficient (Wildman–Crippen LogP) is 3.99. The zero-order chi connectivity index (χ0) is 30.1. The Morgan fingerprint density at radius 1 is 1.10 bits per heavy atom. The third-order valence-electron chi connectivity index (χ3n) is 7.56. The van der Waals surface area contributed by atoms with Gasteiger partial charge in [-0.25, -0.2) is 14.7 Å². The number of benzene rings is 2. The average Bonchev–Trinajstić information content (AvgIpc) is 3.67. The minimum atomic E-state index is -1.48. The van der Waals surface area contributed by atoms with E-state index in [1.807, 2.05) is 55.5 Å². The van der Waals surface area contributed by atoms with Gasteiger partial charge < -0.3 is 29.3 Å². The molecule has 1 aliphatic heterocycles. The zero-order valence-corrected chi connectivity index (χ0v) is 24.0. The van der Waals surface area contributed by atoms with Crippen LogP contribution in [-0.4, -0.2) is 53.0 Å². The van der Waals surface area contributed by atoms with Gasteiger partial charge in [-0.1, -0.05) is 61.9 Å². The minimum absolute atomic E-state index is 0.0330. The van der Waals surface area contributed by atoms with E-state index in [-0.39, 0.29) is 24.4 Å². The molecule has 0 fully saturated rings. The lowest BCUT2D eigenvalue weighted by Crippen LogP contribution is -2.55. The number of rotatable bonds is 11. The maximum atomic E-state index is 12.8. The molecule has 5 rings (SSSR count). The molecule has 42 heavy (non-hydrogen) atoms. The van der Waals surface area contributed by atoms with Crippen molar-refractivity contribution in [1.82, 2.24) is 30.8 Å². The molecule has 4 N–H and O–H groups in total. The highest BCUT2D eigenvalue weighted by Crippen LogP contribution is 2.41. The van der Waals surface area contributed by atoms with Crippen LogP contribution in [-0.2, 0) is 17.8 Å². The van der Waals surface area contributed by atoms with Gasteiger partial charge in [0.1, 0.15) is 22.7 Å². The first kappa shape index (κ1) is 28.8. The molecule has 0 amide bonds. The van der Waals surface area contributed by atoms with Crippen LogP contribution in [0.15, 0.2) is 73.6 Å². The first-order chi connectivity index (χ1) is 20.0. The standard InChI is InChI=1S/C30H34N6O6/c1-5-6-15-30(16-23-18(2)41-28(39)42-23)31-25(29(3,4)40)24(27(37)38)36(30)17-19-11-13-20(14-12-19)21-9-7-8-10-22(21)26-32-34-35-33-26/h7-14,31,40H,5-6,15-17H2,1-4H3,(H,37,38)(H,32,33,34,35). The molecule has 2 aromatic carbocycles. The molecule has 0 spiro atoms. The van der Waals surface area contributed by atoms with Crippen LogP contribution in [0, 0.1) is 6.92 Å². The predicted molar refractivity (Wildman–Crippen MR) is 153 cm³/mol. The number of aryl methyl sites for hydroxylation is 1. The summed E-state index contributed by atoms with van der Waals surface area (Å²) in [5, 5.41) is 39.1. The third kappa shape index (κ3) is 5.57. The molecule has 12 heteroatoms. The highest BCUT2D eigenvalue weighted by molar-refractivity contribution is 5.88. The topological polar surface area (TPSA) is 171 Å². The van der Waals surface area contributed by atoms with Crippen LogP contribution < -0.4 is 11.1 Å². The van der Waals surface area contributed by atoms with Crippen molar-refractivity contribution in [3.05, 3.63) is 87.6 Å². The van der Waals surface area contributed by atoms with E-state index in [1.165, 1.54) is 0 Å². The Hall–Kier alpha value is -4.71. The molecule has 1 atom stereocenters. The van der Waals surface area contributed by atoms with Crippen LogP contribution in [0.4, 0.5) is 0 Å². The van der Waals surface area contributed by atoms with Crippen molar-refractivity contribution in [3.8, 4) is 22.5 Å². The van der Waals surface area contributed by atoms with Crippen molar-refractivity contribution in [2.24, 2.45) is 0 Å². The maximum absolute atomic E-state index is 12.8. The number of H-pyrrole nitrogens is 1. The number of carboxylic acid groups (broad SMARTS) is 1. The third-order valence-corrected chi connectivity index (χ3v) is 7.56. The quantitative estimate of drug-likeness (QED) is 0.204. The van der Waals surface area contributed by atoms with Gasteiger partial charge >= 0.3 is 11.8 Å². The molecular formula is C30H34N6O6. The molecule has 1 aliphatic rings. The number of hydrogen-bond acceptors (Lipinski definition) is 10. The highest BCUT2D eigenvalue weighted by Gasteiger charge is 2.50. The van der Waals surface area contributed by atoms with Crippen molar-refractivity contribution in [1.29, 1.82) is 0 Å². The smallest absolute Gasteiger partial charge is 0.477 e. The van der Waals surface area contributed by atoms with Crippen LogP contribution in [0.5, 0.6) is 0 Å². The summed E-state index contributed by atoms with van der Waals surface area (Å²) in [7, 11) is 0. The molecule has 0 saturated carbocycles. The van der Waals surface area contributed by atoms with Gasteiger partial charge in [-0.05, 0) is 60.7 Å². The van der Waals surface area contributed by atoms with Gasteiger partial charge in [-0.3, -0.25) is 0 Å². The number of aromatic amines is 1. The van der Waals surface area contributed by atoms with Gasteiger partial charge in [0, 0.05) is 12.1 Å². The fourth-order valence-electron chi connectivity index (χ4n) is 5.49. The fourth-order valence-corrected chi connectivity index (χ4v) is 5.49. The Balaban J connectivity index is 1.56. The summed E-state index contributed by atoms with van der Waals surface area (Å²) in [6.45, 7) is 7.00. The summed E-state index contributed by atoms with van der Waals surface area (Å²) in [4.78, 5) is 26.4. The number of hydrogen-bond donors (Lipinski definition) is 4. The van der Waals surface area contributed by atoms with E-state index in [0.717, 1.165) is 35.1 Å². The van der Waals surface area contributed by atoms with E-state index < -0.39 is 23.1 Å². The van der Waals surface area contributed by atoms with E-state index in [1.54, 1.807) is 25.7 Å².